The van der Waals surface area contributed by atoms with Crippen molar-refractivity contribution >= 4 is 34.1 Å². The van der Waals surface area contributed by atoms with Crippen molar-refractivity contribution in [2.75, 3.05) is 5.32 Å². The number of nitrogens with one attached hydrogen (secondary N) is 1. The van der Waals surface area contributed by atoms with Gasteiger partial charge >= 0.3 is 0 Å². The first-order valence-electron chi connectivity index (χ1n) is 9.78. The number of hydrogen-bond acceptors (Lipinski definition) is 2. The minimum absolute atomic E-state index is 0.00530. The highest BCUT2D eigenvalue weighted by Gasteiger charge is 2.26. The normalized spacial score (nSPS) is 19.3. The molecule has 3 nitrogen and oxygen atoms in total. The van der Waals surface area contributed by atoms with Gasteiger partial charge in [0.1, 0.15) is 11.3 Å². The van der Waals surface area contributed by atoms with Gasteiger partial charge in [0.05, 0.1) is 0 Å². The van der Waals surface area contributed by atoms with Crippen molar-refractivity contribution in [3.05, 3.63) is 70.9 Å². The van der Waals surface area contributed by atoms with E-state index in [4.69, 9.17) is 11.6 Å². The largest absolute Gasteiger partial charge is 0.326 e. The number of amides is 1. The molecule has 4 rings (SSSR count). The molecule has 0 unspecified atom stereocenters. The van der Waals surface area contributed by atoms with E-state index < -0.39 is 11.6 Å². The van der Waals surface area contributed by atoms with Gasteiger partial charge in [-0.2, -0.15) is 0 Å². The van der Waals surface area contributed by atoms with E-state index in [1.807, 2.05) is 6.07 Å². The lowest BCUT2D eigenvalue weighted by atomic mass is 9.77. The topological polar surface area (TPSA) is 42.0 Å². The predicted octanol–water partition coefficient (Wildman–Crippen LogP) is 6.47. The van der Waals surface area contributed by atoms with Crippen LogP contribution in [0.5, 0.6) is 0 Å². The zero-order valence-corrected chi connectivity index (χ0v) is 16.6. The number of hydrogen-bond donors (Lipinski definition) is 1. The second-order valence-corrected chi connectivity index (χ2v) is 8.10. The SMILES string of the molecule is O=C(CC1CCC(c2ccnc3c(F)cc(F)cc23)CC1)Nc1ccc(Cl)cc1. The third-order valence-electron chi connectivity index (χ3n) is 5.69. The van der Waals surface area contributed by atoms with Crippen molar-refractivity contribution in [2.45, 2.75) is 38.0 Å². The molecule has 1 N–H and O–H groups in total. The number of carbonyl (C=O) groups is 1. The number of carbonyl (C=O) groups excluding carboxylic acids is 1. The van der Waals surface area contributed by atoms with Crippen LogP contribution in [-0.4, -0.2) is 10.9 Å². The quantitative estimate of drug-likeness (QED) is 0.531. The maximum absolute atomic E-state index is 14.0. The van der Waals surface area contributed by atoms with Crippen LogP contribution in [0.4, 0.5) is 14.5 Å². The molecule has 150 valence electrons. The molecule has 29 heavy (non-hydrogen) atoms. The Morgan fingerprint density at radius 1 is 1.07 bits per heavy atom. The Kier molecular flexibility index (Phi) is 5.76. The average Bonchev–Trinajstić information content (AvgIpc) is 2.70. The summed E-state index contributed by atoms with van der Waals surface area (Å²) in [4.78, 5) is 16.4. The molecule has 0 radical (unpaired) electrons. The van der Waals surface area contributed by atoms with E-state index in [-0.39, 0.29) is 17.3 Å². The summed E-state index contributed by atoms with van der Waals surface area (Å²) in [6.45, 7) is 0. The first-order chi connectivity index (χ1) is 14.0. The van der Waals surface area contributed by atoms with E-state index in [9.17, 15) is 13.6 Å². The van der Waals surface area contributed by atoms with Crippen molar-refractivity contribution in [1.29, 1.82) is 0 Å². The molecule has 1 aromatic heterocycles. The minimum Gasteiger partial charge on any atom is -0.326 e. The van der Waals surface area contributed by atoms with Crippen molar-refractivity contribution in [2.24, 2.45) is 5.92 Å². The fourth-order valence-electron chi connectivity index (χ4n) is 4.24. The van der Waals surface area contributed by atoms with Gasteiger partial charge in [-0.25, -0.2) is 8.78 Å². The Bertz CT molecular complexity index is 1030. The summed E-state index contributed by atoms with van der Waals surface area (Å²) in [6.07, 6.45) is 5.63. The highest BCUT2D eigenvalue weighted by atomic mass is 35.5. The molecular weight excluding hydrogens is 394 g/mol. The third kappa shape index (κ3) is 4.56. The van der Waals surface area contributed by atoms with Crippen molar-refractivity contribution in [3.8, 4) is 0 Å². The van der Waals surface area contributed by atoms with Gasteiger partial charge in [0, 0.05) is 34.8 Å². The number of aromatic nitrogens is 1. The van der Waals surface area contributed by atoms with Crippen LogP contribution in [0, 0.1) is 17.6 Å². The summed E-state index contributed by atoms with van der Waals surface area (Å²) >= 11 is 5.86. The molecule has 6 heteroatoms. The van der Waals surface area contributed by atoms with Crippen LogP contribution in [-0.2, 0) is 4.79 Å². The van der Waals surface area contributed by atoms with E-state index in [2.05, 4.69) is 10.3 Å². The number of fused-ring (bicyclic) bond motifs is 1. The summed E-state index contributed by atoms with van der Waals surface area (Å²) < 4.78 is 27.8. The van der Waals surface area contributed by atoms with Gasteiger partial charge in [-0.3, -0.25) is 9.78 Å². The lowest BCUT2D eigenvalue weighted by Gasteiger charge is -2.29. The van der Waals surface area contributed by atoms with Crippen LogP contribution in [0.25, 0.3) is 10.9 Å². The highest BCUT2D eigenvalue weighted by molar-refractivity contribution is 6.30. The predicted molar refractivity (Wildman–Crippen MR) is 111 cm³/mol. The average molecular weight is 415 g/mol. The standard InChI is InChI=1S/C23H21ClF2N2O/c24-16-5-7-18(8-6-16)28-22(29)11-14-1-3-15(4-2-14)19-9-10-27-23-20(19)12-17(25)13-21(23)26/h5-10,12-15H,1-4,11H2,(H,28,29). The highest BCUT2D eigenvalue weighted by Crippen LogP contribution is 2.39. The third-order valence-corrected chi connectivity index (χ3v) is 5.94. The fraction of sp³-hybridized carbons (Fsp3) is 0.304. The minimum atomic E-state index is -0.630. The molecule has 0 atom stereocenters. The van der Waals surface area contributed by atoms with Gasteiger partial charge in [0.15, 0.2) is 5.82 Å². The van der Waals surface area contributed by atoms with Gasteiger partial charge < -0.3 is 5.32 Å². The molecular formula is C23H21ClF2N2O. The molecule has 1 aliphatic rings. The van der Waals surface area contributed by atoms with Crippen LogP contribution in [0.15, 0.2) is 48.7 Å². The molecule has 0 bridgehead atoms. The Balaban J connectivity index is 1.39. The van der Waals surface area contributed by atoms with E-state index >= 15 is 0 Å². The fourth-order valence-corrected chi connectivity index (χ4v) is 4.37. The summed E-state index contributed by atoms with van der Waals surface area (Å²) in [7, 11) is 0. The Morgan fingerprint density at radius 3 is 2.52 bits per heavy atom. The molecule has 1 aliphatic carbocycles. The maximum atomic E-state index is 14.0. The van der Waals surface area contributed by atoms with Gasteiger partial charge in [-0.15, -0.1) is 0 Å². The number of pyridine rings is 1. The summed E-state index contributed by atoms with van der Waals surface area (Å²) in [6, 6.07) is 11.1. The Morgan fingerprint density at radius 2 is 1.79 bits per heavy atom. The monoisotopic (exact) mass is 414 g/mol. The van der Waals surface area contributed by atoms with Crippen molar-refractivity contribution in [1.82, 2.24) is 4.98 Å². The van der Waals surface area contributed by atoms with E-state index in [0.29, 0.717) is 22.7 Å². The summed E-state index contributed by atoms with van der Waals surface area (Å²) in [5.41, 5.74) is 1.89. The van der Waals surface area contributed by atoms with E-state index in [1.54, 1.807) is 30.5 Å². The zero-order chi connectivity index (χ0) is 20.4. The van der Waals surface area contributed by atoms with Crippen LogP contribution < -0.4 is 5.32 Å². The second-order valence-electron chi connectivity index (χ2n) is 7.66. The number of halogens is 3. The number of nitrogens with zero attached hydrogens (tertiary/aromatic N) is 1. The zero-order valence-electron chi connectivity index (χ0n) is 15.8. The lowest BCUT2D eigenvalue weighted by molar-refractivity contribution is -0.117. The van der Waals surface area contributed by atoms with Gasteiger partial charge in [-0.05, 0) is 79.5 Å². The van der Waals surface area contributed by atoms with Crippen LogP contribution in [0.3, 0.4) is 0 Å². The summed E-state index contributed by atoms with van der Waals surface area (Å²) in [5.74, 6) is -0.696. The molecule has 3 aromatic rings. The van der Waals surface area contributed by atoms with E-state index in [0.717, 1.165) is 43.0 Å². The second kappa shape index (κ2) is 8.46. The number of benzene rings is 2. The van der Waals surface area contributed by atoms with Crippen LogP contribution in [0.1, 0.15) is 43.6 Å². The van der Waals surface area contributed by atoms with Gasteiger partial charge in [0.2, 0.25) is 5.91 Å². The van der Waals surface area contributed by atoms with Gasteiger partial charge in [0.25, 0.3) is 0 Å². The van der Waals surface area contributed by atoms with Crippen LogP contribution >= 0.6 is 11.6 Å². The maximum Gasteiger partial charge on any atom is 0.224 e. The molecule has 0 aliphatic heterocycles. The first kappa shape index (κ1) is 19.8. The van der Waals surface area contributed by atoms with Crippen LogP contribution in [0.2, 0.25) is 5.02 Å². The Labute approximate surface area is 173 Å². The molecule has 0 spiro atoms. The van der Waals surface area contributed by atoms with Gasteiger partial charge in [-0.1, -0.05) is 11.6 Å². The molecule has 1 heterocycles. The molecule has 2 aromatic carbocycles. The lowest BCUT2D eigenvalue weighted by Crippen LogP contribution is -2.20. The molecule has 1 fully saturated rings. The first-order valence-corrected chi connectivity index (χ1v) is 10.2. The van der Waals surface area contributed by atoms with E-state index in [1.165, 1.54) is 6.07 Å². The molecule has 1 saturated carbocycles. The number of anilines is 1. The van der Waals surface area contributed by atoms with Crippen molar-refractivity contribution < 1.29 is 13.6 Å². The summed E-state index contributed by atoms with van der Waals surface area (Å²) in [5, 5.41) is 4.09. The van der Waals surface area contributed by atoms with Crippen molar-refractivity contribution in [3.63, 3.8) is 0 Å². The molecule has 1 amide bonds. The smallest absolute Gasteiger partial charge is 0.224 e. The number of rotatable bonds is 4. The Hall–Kier alpha value is -2.53. The molecule has 0 saturated heterocycles.